The van der Waals surface area contributed by atoms with Crippen LogP contribution in [0, 0.1) is 12.7 Å². The summed E-state index contributed by atoms with van der Waals surface area (Å²) < 4.78 is 12.9. The van der Waals surface area contributed by atoms with Crippen LogP contribution in [0.1, 0.15) is 22.1 Å². The van der Waals surface area contributed by atoms with Crippen molar-refractivity contribution in [2.45, 2.75) is 13.0 Å². The highest BCUT2D eigenvalue weighted by molar-refractivity contribution is 7.10. The van der Waals surface area contributed by atoms with E-state index >= 15 is 0 Å². The summed E-state index contributed by atoms with van der Waals surface area (Å²) in [7, 11) is 0. The predicted molar refractivity (Wildman–Crippen MR) is 59.5 cm³/mol. The maximum absolute atomic E-state index is 12.9. The van der Waals surface area contributed by atoms with Gasteiger partial charge in [0.2, 0.25) is 0 Å². The number of hydrogen-bond acceptors (Lipinski definition) is 2. The molecule has 0 bridgehead atoms. The Hall–Kier alpha value is -1.19. The SMILES string of the molecule is Cc1cc(F)ccc1[C@@H](O)c1cccs1. The molecule has 1 nitrogen and oxygen atoms in total. The molecule has 78 valence electrons. The number of rotatable bonds is 2. The van der Waals surface area contributed by atoms with Gasteiger partial charge in [0.15, 0.2) is 0 Å². The first-order valence-corrected chi connectivity index (χ1v) is 5.54. The molecule has 0 fully saturated rings. The zero-order valence-corrected chi connectivity index (χ0v) is 9.09. The minimum absolute atomic E-state index is 0.269. The molecule has 0 aliphatic heterocycles. The van der Waals surface area contributed by atoms with Crippen molar-refractivity contribution in [3.8, 4) is 0 Å². The van der Waals surface area contributed by atoms with Crippen molar-refractivity contribution in [2.75, 3.05) is 0 Å². The number of hydrogen-bond donors (Lipinski definition) is 1. The highest BCUT2D eigenvalue weighted by Gasteiger charge is 2.13. The summed E-state index contributed by atoms with van der Waals surface area (Å²) in [6.45, 7) is 1.80. The fourth-order valence-electron chi connectivity index (χ4n) is 1.55. The van der Waals surface area contributed by atoms with Crippen LogP contribution in [0.5, 0.6) is 0 Å². The fourth-order valence-corrected chi connectivity index (χ4v) is 2.27. The Balaban J connectivity index is 2.38. The summed E-state index contributed by atoms with van der Waals surface area (Å²) in [5, 5.41) is 12.0. The molecule has 1 N–H and O–H groups in total. The van der Waals surface area contributed by atoms with Crippen LogP contribution in [0.25, 0.3) is 0 Å². The van der Waals surface area contributed by atoms with E-state index < -0.39 is 6.10 Å². The van der Waals surface area contributed by atoms with Crippen LogP contribution in [-0.4, -0.2) is 5.11 Å². The molecule has 3 heteroatoms. The van der Waals surface area contributed by atoms with Gasteiger partial charge in [-0.1, -0.05) is 12.1 Å². The molecule has 1 aromatic carbocycles. The van der Waals surface area contributed by atoms with Gasteiger partial charge in [-0.05, 0) is 41.6 Å². The zero-order valence-electron chi connectivity index (χ0n) is 8.27. The molecular weight excluding hydrogens is 211 g/mol. The predicted octanol–water partition coefficient (Wildman–Crippen LogP) is 3.28. The van der Waals surface area contributed by atoms with E-state index in [1.807, 2.05) is 17.5 Å². The molecule has 0 saturated heterocycles. The average Bonchev–Trinajstić information content (AvgIpc) is 2.69. The topological polar surface area (TPSA) is 20.2 Å². The van der Waals surface area contributed by atoms with Crippen molar-refractivity contribution in [2.24, 2.45) is 0 Å². The molecule has 2 aromatic rings. The zero-order chi connectivity index (χ0) is 10.8. The Morgan fingerprint density at radius 3 is 2.73 bits per heavy atom. The molecule has 0 aliphatic carbocycles. The van der Waals surface area contributed by atoms with Gasteiger partial charge < -0.3 is 5.11 Å². The van der Waals surface area contributed by atoms with Crippen molar-refractivity contribution in [1.82, 2.24) is 0 Å². The number of benzene rings is 1. The van der Waals surface area contributed by atoms with Crippen LogP contribution >= 0.6 is 11.3 Å². The molecule has 0 saturated carbocycles. The normalized spacial score (nSPS) is 12.7. The van der Waals surface area contributed by atoms with E-state index in [0.717, 1.165) is 16.0 Å². The van der Waals surface area contributed by atoms with Crippen LogP contribution in [0.4, 0.5) is 4.39 Å². The summed E-state index contributed by atoms with van der Waals surface area (Å²) in [5.74, 6) is -0.269. The quantitative estimate of drug-likeness (QED) is 0.826. The maximum Gasteiger partial charge on any atom is 0.123 e. The second-order valence-corrected chi connectivity index (χ2v) is 4.40. The number of thiophene rings is 1. The highest BCUT2D eigenvalue weighted by Crippen LogP contribution is 2.28. The Bertz CT molecular complexity index is 451. The Labute approximate surface area is 91.8 Å². The van der Waals surface area contributed by atoms with Gasteiger partial charge >= 0.3 is 0 Å². The number of halogens is 1. The molecule has 0 unspecified atom stereocenters. The van der Waals surface area contributed by atoms with Crippen molar-refractivity contribution in [3.63, 3.8) is 0 Å². The van der Waals surface area contributed by atoms with Crippen molar-refractivity contribution < 1.29 is 9.50 Å². The lowest BCUT2D eigenvalue weighted by Crippen LogP contribution is -2.00. The lowest BCUT2D eigenvalue weighted by atomic mass is 10.0. The van der Waals surface area contributed by atoms with Gasteiger partial charge in [0.25, 0.3) is 0 Å². The van der Waals surface area contributed by atoms with E-state index in [1.165, 1.54) is 23.5 Å². The van der Waals surface area contributed by atoms with Gasteiger partial charge in [0.1, 0.15) is 11.9 Å². The minimum atomic E-state index is -0.648. The van der Waals surface area contributed by atoms with Crippen LogP contribution in [-0.2, 0) is 0 Å². The largest absolute Gasteiger partial charge is 0.383 e. The lowest BCUT2D eigenvalue weighted by molar-refractivity contribution is 0.223. The number of aryl methyl sites for hydroxylation is 1. The number of aliphatic hydroxyl groups excluding tert-OH is 1. The molecule has 15 heavy (non-hydrogen) atoms. The lowest BCUT2D eigenvalue weighted by Gasteiger charge is -2.11. The third-order valence-electron chi connectivity index (χ3n) is 2.34. The van der Waals surface area contributed by atoms with E-state index in [9.17, 15) is 9.50 Å². The molecule has 0 radical (unpaired) electrons. The smallest absolute Gasteiger partial charge is 0.123 e. The first-order chi connectivity index (χ1) is 7.18. The van der Waals surface area contributed by atoms with E-state index in [2.05, 4.69) is 0 Å². The van der Waals surface area contributed by atoms with Crippen molar-refractivity contribution in [1.29, 1.82) is 0 Å². The van der Waals surface area contributed by atoms with Gasteiger partial charge in [-0.25, -0.2) is 4.39 Å². The highest BCUT2D eigenvalue weighted by atomic mass is 32.1. The van der Waals surface area contributed by atoms with Gasteiger partial charge in [-0.3, -0.25) is 0 Å². The molecule has 2 rings (SSSR count). The Morgan fingerprint density at radius 1 is 1.33 bits per heavy atom. The summed E-state index contributed by atoms with van der Waals surface area (Å²) in [4.78, 5) is 0.879. The summed E-state index contributed by atoms with van der Waals surface area (Å²) >= 11 is 1.50. The van der Waals surface area contributed by atoms with Crippen LogP contribution < -0.4 is 0 Å². The van der Waals surface area contributed by atoms with Crippen LogP contribution in [0.15, 0.2) is 35.7 Å². The third kappa shape index (κ3) is 2.08. The monoisotopic (exact) mass is 222 g/mol. The standard InChI is InChI=1S/C12H11FOS/c1-8-7-9(13)4-5-10(8)12(14)11-3-2-6-15-11/h2-7,12,14H,1H3/t12-/m1/s1. The molecule has 1 heterocycles. The van der Waals surface area contributed by atoms with Gasteiger partial charge in [0.05, 0.1) is 0 Å². The van der Waals surface area contributed by atoms with E-state index in [-0.39, 0.29) is 5.82 Å². The van der Waals surface area contributed by atoms with Gasteiger partial charge in [-0.15, -0.1) is 11.3 Å². The summed E-state index contributed by atoms with van der Waals surface area (Å²) in [5.41, 5.74) is 1.54. The van der Waals surface area contributed by atoms with Crippen LogP contribution in [0.2, 0.25) is 0 Å². The molecule has 1 aromatic heterocycles. The summed E-state index contributed by atoms with van der Waals surface area (Å²) in [6, 6.07) is 8.21. The Kier molecular flexibility index (Phi) is 2.84. The molecule has 0 amide bonds. The van der Waals surface area contributed by atoms with E-state index in [1.54, 1.807) is 13.0 Å². The van der Waals surface area contributed by atoms with Crippen molar-refractivity contribution >= 4 is 11.3 Å². The first-order valence-electron chi connectivity index (χ1n) is 4.66. The molecule has 0 spiro atoms. The van der Waals surface area contributed by atoms with Crippen LogP contribution in [0.3, 0.4) is 0 Å². The third-order valence-corrected chi connectivity index (χ3v) is 3.26. The molecule has 1 atom stereocenters. The number of aliphatic hydroxyl groups is 1. The second kappa shape index (κ2) is 4.13. The fraction of sp³-hybridized carbons (Fsp3) is 0.167. The average molecular weight is 222 g/mol. The van der Waals surface area contributed by atoms with Gasteiger partial charge in [-0.2, -0.15) is 0 Å². The summed E-state index contributed by atoms with van der Waals surface area (Å²) in [6.07, 6.45) is -0.648. The molecular formula is C12H11FOS. The van der Waals surface area contributed by atoms with Crippen molar-refractivity contribution in [3.05, 3.63) is 57.5 Å². The van der Waals surface area contributed by atoms with E-state index in [4.69, 9.17) is 0 Å². The minimum Gasteiger partial charge on any atom is -0.383 e. The Morgan fingerprint density at radius 2 is 2.13 bits per heavy atom. The van der Waals surface area contributed by atoms with E-state index in [0.29, 0.717) is 0 Å². The van der Waals surface area contributed by atoms with Gasteiger partial charge in [0, 0.05) is 4.88 Å². The second-order valence-electron chi connectivity index (χ2n) is 3.42. The molecule has 0 aliphatic rings. The maximum atomic E-state index is 12.9. The first kappa shape index (κ1) is 10.3.